The number of hydrogen-bond acceptors (Lipinski definition) is 5. The first-order valence-corrected chi connectivity index (χ1v) is 10.7. The van der Waals surface area contributed by atoms with Crippen molar-refractivity contribution in [2.45, 2.75) is 32.4 Å². The van der Waals surface area contributed by atoms with Gasteiger partial charge < -0.3 is 20.7 Å². The zero-order valence-corrected chi connectivity index (χ0v) is 17.0. The SMILES string of the molecule is COc1ccc(Cl)cc1NC(=O)[C@@H](NC(=O)N[C@H]1CCS(=O)(=O)C1)C(C)C. The van der Waals surface area contributed by atoms with E-state index in [2.05, 4.69) is 16.0 Å². The van der Waals surface area contributed by atoms with Crippen molar-refractivity contribution in [3.63, 3.8) is 0 Å². The van der Waals surface area contributed by atoms with Crippen LogP contribution in [0.4, 0.5) is 10.5 Å². The molecule has 1 aliphatic rings. The Morgan fingerprint density at radius 2 is 2.00 bits per heavy atom. The molecule has 10 heteroatoms. The van der Waals surface area contributed by atoms with E-state index in [4.69, 9.17) is 16.3 Å². The van der Waals surface area contributed by atoms with Gasteiger partial charge in [0.15, 0.2) is 9.84 Å². The van der Waals surface area contributed by atoms with Gasteiger partial charge in [-0.25, -0.2) is 13.2 Å². The average molecular weight is 418 g/mol. The van der Waals surface area contributed by atoms with Crippen molar-refractivity contribution in [1.29, 1.82) is 0 Å². The second kappa shape index (κ2) is 8.79. The molecule has 1 heterocycles. The molecule has 8 nitrogen and oxygen atoms in total. The van der Waals surface area contributed by atoms with Crippen molar-refractivity contribution in [3.05, 3.63) is 23.2 Å². The molecule has 1 aromatic rings. The maximum Gasteiger partial charge on any atom is 0.315 e. The molecule has 1 saturated heterocycles. The van der Waals surface area contributed by atoms with E-state index in [-0.39, 0.29) is 17.4 Å². The molecule has 0 radical (unpaired) electrons. The minimum atomic E-state index is -3.10. The zero-order valence-electron chi connectivity index (χ0n) is 15.4. The summed E-state index contributed by atoms with van der Waals surface area (Å²) in [4.78, 5) is 24.9. The molecule has 3 amide bonds. The summed E-state index contributed by atoms with van der Waals surface area (Å²) >= 11 is 5.97. The lowest BCUT2D eigenvalue weighted by atomic mass is 10.0. The Morgan fingerprint density at radius 1 is 1.30 bits per heavy atom. The summed E-state index contributed by atoms with van der Waals surface area (Å²) in [7, 11) is -1.63. The van der Waals surface area contributed by atoms with Crippen molar-refractivity contribution in [2.75, 3.05) is 23.9 Å². The fourth-order valence-electron chi connectivity index (χ4n) is 2.80. The molecule has 0 aliphatic carbocycles. The van der Waals surface area contributed by atoms with E-state index in [1.165, 1.54) is 7.11 Å². The predicted octanol–water partition coefficient (Wildman–Crippen LogP) is 1.80. The number of methoxy groups -OCH3 is 1. The first kappa shape index (κ1) is 21.3. The number of anilines is 1. The quantitative estimate of drug-likeness (QED) is 0.653. The highest BCUT2D eigenvalue weighted by atomic mass is 35.5. The zero-order chi connectivity index (χ0) is 20.2. The standard InChI is InChI=1S/C17H24ClN3O5S/c1-10(2)15(21-17(23)19-12-6-7-27(24,25)9-12)16(22)20-13-8-11(18)4-5-14(13)26-3/h4-5,8,10,12,15H,6-7,9H2,1-3H3,(H,20,22)(H2,19,21,23)/t12-,15-/m0/s1. The summed E-state index contributed by atoms with van der Waals surface area (Å²) in [6.45, 7) is 3.58. The van der Waals surface area contributed by atoms with E-state index in [1.807, 2.05) is 0 Å². The number of halogens is 1. The van der Waals surface area contributed by atoms with Gasteiger partial charge in [-0.15, -0.1) is 0 Å². The van der Waals surface area contributed by atoms with Crippen molar-refractivity contribution < 1.29 is 22.7 Å². The van der Waals surface area contributed by atoms with Gasteiger partial charge in [0, 0.05) is 11.1 Å². The minimum Gasteiger partial charge on any atom is -0.495 e. The molecular weight excluding hydrogens is 394 g/mol. The third kappa shape index (κ3) is 6.00. The number of ether oxygens (including phenoxy) is 1. The number of hydrogen-bond donors (Lipinski definition) is 3. The Kier molecular flexibility index (Phi) is 6.94. The number of amides is 3. The Balaban J connectivity index is 2.03. The van der Waals surface area contributed by atoms with Gasteiger partial charge in [0.25, 0.3) is 0 Å². The number of carbonyl (C=O) groups is 2. The van der Waals surface area contributed by atoms with Crippen LogP contribution in [0.3, 0.4) is 0 Å². The van der Waals surface area contributed by atoms with Crippen LogP contribution >= 0.6 is 11.6 Å². The number of urea groups is 1. The number of rotatable bonds is 6. The molecule has 1 fully saturated rings. The topological polar surface area (TPSA) is 114 Å². The third-order valence-corrected chi connectivity index (χ3v) is 6.23. The van der Waals surface area contributed by atoms with Gasteiger partial charge in [0.05, 0.1) is 24.3 Å². The van der Waals surface area contributed by atoms with Crippen LogP contribution in [0.2, 0.25) is 5.02 Å². The fraction of sp³-hybridized carbons (Fsp3) is 0.529. The maximum absolute atomic E-state index is 12.7. The number of benzene rings is 1. The van der Waals surface area contributed by atoms with Gasteiger partial charge in [-0.05, 0) is 30.5 Å². The number of nitrogens with one attached hydrogen (secondary N) is 3. The monoisotopic (exact) mass is 417 g/mol. The van der Waals surface area contributed by atoms with Crippen LogP contribution in [-0.2, 0) is 14.6 Å². The van der Waals surface area contributed by atoms with E-state index in [9.17, 15) is 18.0 Å². The van der Waals surface area contributed by atoms with Crippen LogP contribution < -0.4 is 20.7 Å². The largest absolute Gasteiger partial charge is 0.495 e. The van der Waals surface area contributed by atoms with Crippen LogP contribution in [0.15, 0.2) is 18.2 Å². The van der Waals surface area contributed by atoms with Gasteiger partial charge in [0.1, 0.15) is 11.8 Å². The first-order chi connectivity index (χ1) is 12.6. The molecular formula is C17H24ClN3O5S. The molecule has 0 aromatic heterocycles. The summed E-state index contributed by atoms with van der Waals surface area (Å²) in [5, 5.41) is 8.37. The van der Waals surface area contributed by atoms with E-state index >= 15 is 0 Å². The second-order valence-electron chi connectivity index (χ2n) is 6.77. The van der Waals surface area contributed by atoms with Gasteiger partial charge in [-0.3, -0.25) is 4.79 Å². The van der Waals surface area contributed by atoms with E-state index < -0.39 is 33.9 Å². The highest BCUT2D eigenvalue weighted by Gasteiger charge is 2.31. The summed E-state index contributed by atoms with van der Waals surface area (Å²) < 4.78 is 28.2. The molecule has 3 N–H and O–H groups in total. The second-order valence-corrected chi connectivity index (χ2v) is 9.44. The number of sulfone groups is 1. The maximum atomic E-state index is 12.7. The molecule has 27 heavy (non-hydrogen) atoms. The van der Waals surface area contributed by atoms with Crippen LogP contribution in [0.1, 0.15) is 20.3 Å². The summed E-state index contributed by atoms with van der Waals surface area (Å²) in [6, 6.07) is 2.97. The average Bonchev–Trinajstić information content (AvgIpc) is 2.91. The van der Waals surface area contributed by atoms with Crippen molar-refractivity contribution in [2.24, 2.45) is 5.92 Å². The molecule has 150 valence electrons. The van der Waals surface area contributed by atoms with Gasteiger partial charge in [-0.2, -0.15) is 0 Å². The third-order valence-electron chi connectivity index (χ3n) is 4.22. The lowest BCUT2D eigenvalue weighted by Gasteiger charge is -2.23. The summed E-state index contributed by atoms with van der Waals surface area (Å²) in [6.07, 6.45) is 0.369. The molecule has 2 atom stereocenters. The van der Waals surface area contributed by atoms with Crippen molar-refractivity contribution in [3.8, 4) is 5.75 Å². The minimum absolute atomic E-state index is 0.0562. The van der Waals surface area contributed by atoms with E-state index in [1.54, 1.807) is 32.0 Å². The summed E-state index contributed by atoms with van der Waals surface area (Å²) in [5.41, 5.74) is 0.393. The van der Waals surface area contributed by atoms with Crippen LogP contribution in [-0.4, -0.2) is 51.1 Å². The molecule has 1 aliphatic heterocycles. The van der Waals surface area contributed by atoms with Gasteiger partial charge in [-0.1, -0.05) is 25.4 Å². The summed E-state index contributed by atoms with van der Waals surface area (Å²) in [5.74, 6) is -0.219. The molecule has 0 saturated carbocycles. The lowest BCUT2D eigenvalue weighted by molar-refractivity contribution is -0.118. The molecule has 0 bridgehead atoms. The van der Waals surface area contributed by atoms with Gasteiger partial charge >= 0.3 is 6.03 Å². The fourth-order valence-corrected chi connectivity index (χ4v) is 4.65. The highest BCUT2D eigenvalue weighted by molar-refractivity contribution is 7.91. The highest BCUT2D eigenvalue weighted by Crippen LogP contribution is 2.28. The van der Waals surface area contributed by atoms with Crippen LogP contribution in [0.25, 0.3) is 0 Å². The Bertz CT molecular complexity index is 813. The Labute approximate surface area is 163 Å². The smallest absolute Gasteiger partial charge is 0.315 e. The van der Waals surface area contributed by atoms with E-state index in [0.717, 1.165) is 0 Å². The van der Waals surface area contributed by atoms with Crippen molar-refractivity contribution in [1.82, 2.24) is 10.6 Å². The Morgan fingerprint density at radius 3 is 2.56 bits per heavy atom. The molecule has 1 aromatic carbocycles. The van der Waals surface area contributed by atoms with Crippen molar-refractivity contribution >= 4 is 39.1 Å². The predicted molar refractivity (Wildman–Crippen MR) is 104 cm³/mol. The van der Waals surface area contributed by atoms with Gasteiger partial charge in [0.2, 0.25) is 5.91 Å². The van der Waals surface area contributed by atoms with E-state index in [0.29, 0.717) is 22.9 Å². The lowest BCUT2D eigenvalue weighted by Crippen LogP contribution is -2.52. The first-order valence-electron chi connectivity index (χ1n) is 8.53. The number of carbonyl (C=O) groups excluding carboxylic acids is 2. The van der Waals surface area contributed by atoms with Crippen LogP contribution in [0, 0.1) is 5.92 Å². The van der Waals surface area contributed by atoms with Crippen LogP contribution in [0.5, 0.6) is 5.75 Å². The Hall–Kier alpha value is -2.00. The molecule has 0 spiro atoms. The molecule has 2 rings (SSSR count). The molecule has 0 unspecified atom stereocenters. The normalized spacial score (nSPS) is 19.4.